The van der Waals surface area contributed by atoms with Gasteiger partial charge in [0, 0.05) is 16.1 Å². The van der Waals surface area contributed by atoms with Crippen LogP contribution in [0.5, 0.6) is 0 Å². The molecule has 0 bridgehead atoms. The molecule has 2 aliphatic rings. The number of carbonyl (C=O) groups is 2. The third-order valence-electron chi connectivity index (χ3n) is 8.15. The van der Waals surface area contributed by atoms with E-state index in [4.69, 9.17) is 20.9 Å². The second kappa shape index (κ2) is 10.1. The van der Waals surface area contributed by atoms with E-state index in [1.54, 1.807) is 19.9 Å². The number of hydrogen-bond donors (Lipinski definition) is 2. The highest BCUT2D eigenvalue weighted by molar-refractivity contribution is 6.31. The van der Waals surface area contributed by atoms with Gasteiger partial charge in [0.1, 0.15) is 17.5 Å². The van der Waals surface area contributed by atoms with E-state index in [2.05, 4.69) is 16.5 Å². The average Bonchev–Trinajstić information content (AvgIpc) is 3.49. The second-order valence-corrected chi connectivity index (χ2v) is 11.0. The molecule has 2 N–H and O–H groups in total. The fraction of sp³-hybridized carbons (Fsp3) is 0.281. The average molecular weight is 557 g/mol. The molecule has 204 valence electrons. The minimum absolute atomic E-state index is 0.478. The predicted molar refractivity (Wildman–Crippen MR) is 153 cm³/mol. The Hall–Kier alpha value is -4.10. The Labute approximate surface area is 237 Å². The molecule has 1 amide bonds. The fourth-order valence-corrected chi connectivity index (χ4v) is 6.06. The SMILES string of the molecule is Cc1noc(-c2ccc(-c3ccc(C4(C(=O)O)CC4)cc3)c3c2CCC3)c1NC(=O)OC(C)c1ccccc1Cl. The van der Waals surface area contributed by atoms with Crippen LogP contribution in [-0.4, -0.2) is 22.3 Å². The van der Waals surface area contributed by atoms with E-state index in [0.717, 1.165) is 47.1 Å². The lowest BCUT2D eigenvalue weighted by Crippen LogP contribution is -2.19. The molecule has 1 unspecified atom stereocenters. The highest BCUT2D eigenvalue weighted by atomic mass is 35.5. The summed E-state index contributed by atoms with van der Waals surface area (Å²) in [6.07, 6.45) is 3.02. The van der Waals surface area contributed by atoms with Crippen molar-refractivity contribution in [3.05, 3.63) is 93.6 Å². The Morgan fingerprint density at radius 2 is 1.70 bits per heavy atom. The molecule has 1 saturated carbocycles. The Bertz CT molecular complexity index is 1620. The van der Waals surface area contributed by atoms with Crippen LogP contribution in [0.1, 0.15) is 60.2 Å². The molecule has 4 aromatic rings. The van der Waals surface area contributed by atoms with Gasteiger partial charge in [0.2, 0.25) is 0 Å². The molecule has 6 rings (SSSR count). The number of hydrogen-bond acceptors (Lipinski definition) is 5. The third-order valence-corrected chi connectivity index (χ3v) is 8.50. The maximum atomic E-state index is 12.9. The number of carbonyl (C=O) groups excluding carboxylic acids is 1. The molecule has 1 aromatic heterocycles. The van der Waals surface area contributed by atoms with Crippen molar-refractivity contribution in [2.24, 2.45) is 0 Å². The van der Waals surface area contributed by atoms with Crippen LogP contribution in [0.2, 0.25) is 5.02 Å². The number of aromatic nitrogens is 1. The maximum absolute atomic E-state index is 12.9. The molecule has 40 heavy (non-hydrogen) atoms. The van der Waals surface area contributed by atoms with Gasteiger partial charge in [0.05, 0.1) is 5.41 Å². The summed E-state index contributed by atoms with van der Waals surface area (Å²) in [6.45, 7) is 3.55. The van der Waals surface area contributed by atoms with Crippen LogP contribution in [0, 0.1) is 6.92 Å². The molecule has 0 spiro atoms. The standard InChI is InChI=1S/C32H29ClN2O5/c1-18-28(34-31(38)39-19(2)22-6-3-4-9-27(22)33)29(40-35-18)26-15-14-23(24-7-5-8-25(24)26)20-10-12-21(13-11-20)32(16-17-32)30(36)37/h3-4,6,9-15,19H,5,7-8,16-17H2,1-2H3,(H,34,38)(H,36,37). The number of anilines is 1. The summed E-state index contributed by atoms with van der Waals surface area (Å²) in [4.78, 5) is 24.6. The first-order chi connectivity index (χ1) is 19.3. The molecular weight excluding hydrogens is 528 g/mol. The zero-order valence-corrected chi connectivity index (χ0v) is 23.0. The predicted octanol–water partition coefficient (Wildman–Crippen LogP) is 7.89. The van der Waals surface area contributed by atoms with Gasteiger partial charge < -0.3 is 14.4 Å². The highest BCUT2D eigenvalue weighted by Crippen LogP contribution is 2.49. The Morgan fingerprint density at radius 1 is 1.02 bits per heavy atom. The number of nitrogens with zero attached hydrogens (tertiary/aromatic N) is 1. The van der Waals surface area contributed by atoms with Crippen LogP contribution in [0.25, 0.3) is 22.5 Å². The van der Waals surface area contributed by atoms with E-state index in [0.29, 0.717) is 35.0 Å². The van der Waals surface area contributed by atoms with Gasteiger partial charge in [0.15, 0.2) is 5.76 Å². The number of benzene rings is 3. The van der Waals surface area contributed by atoms with Crippen molar-refractivity contribution in [2.75, 3.05) is 5.32 Å². The highest BCUT2D eigenvalue weighted by Gasteiger charge is 2.51. The number of nitrogens with one attached hydrogen (secondary N) is 1. The number of halogens is 1. The van der Waals surface area contributed by atoms with Crippen LogP contribution in [-0.2, 0) is 27.8 Å². The summed E-state index contributed by atoms with van der Waals surface area (Å²) in [5.74, 6) is -0.253. The summed E-state index contributed by atoms with van der Waals surface area (Å²) in [5, 5.41) is 17.2. The monoisotopic (exact) mass is 556 g/mol. The van der Waals surface area contributed by atoms with Gasteiger partial charge in [-0.2, -0.15) is 0 Å². The van der Waals surface area contributed by atoms with Crippen LogP contribution >= 0.6 is 11.6 Å². The lowest BCUT2D eigenvalue weighted by atomic mass is 9.90. The Morgan fingerprint density at radius 3 is 2.38 bits per heavy atom. The van der Waals surface area contributed by atoms with E-state index < -0.39 is 23.6 Å². The zero-order valence-electron chi connectivity index (χ0n) is 22.3. The summed E-state index contributed by atoms with van der Waals surface area (Å²) < 4.78 is 11.4. The Balaban J connectivity index is 1.27. The van der Waals surface area contributed by atoms with Crippen LogP contribution < -0.4 is 5.32 Å². The number of aryl methyl sites for hydroxylation is 1. The number of amides is 1. The number of carboxylic acid groups (broad SMARTS) is 1. The summed E-state index contributed by atoms with van der Waals surface area (Å²) in [5.41, 5.74) is 7.37. The number of ether oxygens (including phenoxy) is 1. The molecule has 1 heterocycles. The quantitative estimate of drug-likeness (QED) is 0.240. The normalized spacial score (nSPS) is 15.8. The topological polar surface area (TPSA) is 102 Å². The third kappa shape index (κ3) is 4.54. The Kier molecular flexibility index (Phi) is 6.62. The van der Waals surface area contributed by atoms with E-state index in [9.17, 15) is 14.7 Å². The largest absolute Gasteiger partial charge is 0.481 e. The van der Waals surface area contributed by atoms with Crippen molar-refractivity contribution in [3.8, 4) is 22.5 Å². The van der Waals surface area contributed by atoms with Crippen molar-refractivity contribution in [2.45, 2.75) is 57.5 Å². The summed E-state index contributed by atoms with van der Waals surface area (Å²) in [6, 6.07) is 19.3. The molecule has 0 radical (unpaired) electrons. The van der Waals surface area contributed by atoms with Crippen molar-refractivity contribution in [3.63, 3.8) is 0 Å². The van der Waals surface area contributed by atoms with Gasteiger partial charge in [-0.15, -0.1) is 0 Å². The van der Waals surface area contributed by atoms with E-state index >= 15 is 0 Å². The first-order valence-electron chi connectivity index (χ1n) is 13.5. The molecule has 3 aromatic carbocycles. The van der Waals surface area contributed by atoms with Gasteiger partial charge in [-0.05, 0) is 79.8 Å². The van der Waals surface area contributed by atoms with Crippen LogP contribution in [0.3, 0.4) is 0 Å². The first kappa shape index (κ1) is 26.1. The van der Waals surface area contributed by atoms with Gasteiger partial charge >= 0.3 is 12.1 Å². The van der Waals surface area contributed by atoms with Crippen LogP contribution in [0.4, 0.5) is 10.5 Å². The second-order valence-electron chi connectivity index (χ2n) is 10.6. The minimum Gasteiger partial charge on any atom is -0.481 e. The molecule has 1 atom stereocenters. The summed E-state index contributed by atoms with van der Waals surface area (Å²) in [7, 11) is 0. The maximum Gasteiger partial charge on any atom is 0.412 e. The summed E-state index contributed by atoms with van der Waals surface area (Å²) >= 11 is 6.27. The van der Waals surface area contributed by atoms with Crippen LogP contribution in [0.15, 0.2) is 65.2 Å². The smallest absolute Gasteiger partial charge is 0.412 e. The number of carboxylic acids is 1. The molecule has 1 fully saturated rings. The number of fused-ring (bicyclic) bond motifs is 1. The molecule has 8 heteroatoms. The lowest BCUT2D eigenvalue weighted by molar-refractivity contribution is -0.140. The zero-order chi connectivity index (χ0) is 28.0. The molecule has 2 aliphatic carbocycles. The fourth-order valence-electron chi connectivity index (χ4n) is 5.77. The molecular formula is C32H29ClN2O5. The van der Waals surface area contributed by atoms with Crippen molar-refractivity contribution >= 4 is 29.4 Å². The first-order valence-corrected chi connectivity index (χ1v) is 13.8. The molecule has 0 saturated heterocycles. The van der Waals surface area contributed by atoms with E-state index in [1.807, 2.05) is 48.5 Å². The van der Waals surface area contributed by atoms with Crippen molar-refractivity contribution < 1.29 is 24.0 Å². The van der Waals surface area contributed by atoms with E-state index in [-0.39, 0.29) is 0 Å². The lowest BCUT2D eigenvalue weighted by Gasteiger charge is -2.16. The minimum atomic E-state index is -0.750. The number of aliphatic carboxylic acids is 1. The van der Waals surface area contributed by atoms with Gasteiger partial charge in [0.25, 0.3) is 0 Å². The van der Waals surface area contributed by atoms with Crippen molar-refractivity contribution in [1.82, 2.24) is 5.16 Å². The van der Waals surface area contributed by atoms with E-state index in [1.165, 1.54) is 11.1 Å². The van der Waals surface area contributed by atoms with Gasteiger partial charge in [-0.25, -0.2) is 4.79 Å². The van der Waals surface area contributed by atoms with Crippen molar-refractivity contribution in [1.29, 1.82) is 0 Å². The molecule has 7 nitrogen and oxygen atoms in total. The van der Waals surface area contributed by atoms with Gasteiger partial charge in [-0.3, -0.25) is 10.1 Å². The van der Waals surface area contributed by atoms with Gasteiger partial charge in [-0.1, -0.05) is 71.4 Å². The number of rotatable bonds is 7. The molecule has 0 aliphatic heterocycles.